The first-order chi connectivity index (χ1) is 9.04. The average Bonchev–Trinajstić information content (AvgIpc) is 3.18. The van der Waals surface area contributed by atoms with Crippen LogP contribution in [0.4, 0.5) is 5.69 Å². The second-order valence-corrected chi connectivity index (χ2v) is 4.81. The number of benzene rings is 1. The van der Waals surface area contributed by atoms with Gasteiger partial charge in [-0.25, -0.2) is 0 Å². The fourth-order valence-corrected chi connectivity index (χ4v) is 2.13. The molecular weight excluding hydrogens is 268 g/mol. The molecule has 0 heterocycles. The third-order valence-electron chi connectivity index (χ3n) is 2.97. The minimum absolute atomic E-state index is 0.0230. The van der Waals surface area contributed by atoms with E-state index < -0.39 is 4.92 Å². The fourth-order valence-electron chi connectivity index (χ4n) is 1.88. The maximum Gasteiger partial charge on any atom is 0.287 e. The molecule has 1 amide bonds. The van der Waals surface area contributed by atoms with Crippen LogP contribution in [-0.4, -0.2) is 28.3 Å². The Hall–Kier alpha value is -1.88. The Bertz CT molecular complexity index is 541. The maximum absolute atomic E-state index is 12.3. The number of carbonyl (C=O) groups excluding carboxylic acids is 1. The predicted molar refractivity (Wildman–Crippen MR) is 72.4 cm³/mol. The molecule has 19 heavy (non-hydrogen) atoms. The molecule has 1 aromatic rings. The third kappa shape index (κ3) is 2.93. The van der Waals surface area contributed by atoms with E-state index in [2.05, 4.69) is 6.58 Å². The van der Waals surface area contributed by atoms with Crippen LogP contribution >= 0.6 is 11.6 Å². The van der Waals surface area contributed by atoms with Gasteiger partial charge < -0.3 is 4.90 Å². The molecule has 0 atom stereocenters. The molecule has 0 radical (unpaired) electrons. The van der Waals surface area contributed by atoms with Gasteiger partial charge in [-0.1, -0.05) is 17.7 Å². The Morgan fingerprint density at radius 1 is 1.58 bits per heavy atom. The van der Waals surface area contributed by atoms with Gasteiger partial charge in [-0.2, -0.15) is 0 Å². The Labute approximate surface area is 115 Å². The highest BCUT2D eigenvalue weighted by Crippen LogP contribution is 2.30. The first-order valence-corrected chi connectivity index (χ1v) is 6.28. The van der Waals surface area contributed by atoms with Crippen molar-refractivity contribution in [1.82, 2.24) is 4.90 Å². The number of halogens is 1. The van der Waals surface area contributed by atoms with Crippen LogP contribution in [0.1, 0.15) is 23.2 Å². The van der Waals surface area contributed by atoms with E-state index >= 15 is 0 Å². The van der Waals surface area contributed by atoms with Crippen molar-refractivity contribution < 1.29 is 9.72 Å². The molecule has 1 fully saturated rings. The van der Waals surface area contributed by atoms with Crippen molar-refractivity contribution in [3.8, 4) is 0 Å². The Kier molecular flexibility index (Phi) is 3.85. The maximum atomic E-state index is 12.3. The molecule has 0 aliphatic heterocycles. The van der Waals surface area contributed by atoms with E-state index in [0.29, 0.717) is 12.1 Å². The zero-order chi connectivity index (χ0) is 14.0. The molecule has 6 heteroatoms. The predicted octanol–water partition coefficient (Wildman–Crippen LogP) is 3.04. The quantitative estimate of drug-likeness (QED) is 0.473. The topological polar surface area (TPSA) is 63.5 Å². The summed E-state index contributed by atoms with van der Waals surface area (Å²) in [6.45, 7) is 4.10. The van der Waals surface area contributed by atoms with Crippen LogP contribution in [0.25, 0.3) is 0 Å². The van der Waals surface area contributed by atoms with Crippen LogP contribution in [0, 0.1) is 10.1 Å². The number of hydrogen-bond acceptors (Lipinski definition) is 3. The minimum atomic E-state index is -0.570. The highest BCUT2D eigenvalue weighted by atomic mass is 35.5. The lowest BCUT2D eigenvalue weighted by Crippen LogP contribution is -2.33. The molecule has 0 N–H and O–H groups in total. The van der Waals surface area contributed by atoms with Crippen molar-refractivity contribution in [2.24, 2.45) is 0 Å². The summed E-state index contributed by atoms with van der Waals surface area (Å²) >= 11 is 5.81. The van der Waals surface area contributed by atoms with Gasteiger partial charge in [0.15, 0.2) is 0 Å². The standard InChI is InChI=1S/C13H13ClN2O3/c1-2-7-15(10-4-5-10)13(17)9-3-6-12(16(18)19)11(14)8-9/h2-3,6,8,10H,1,4-5,7H2. The average molecular weight is 281 g/mol. The lowest BCUT2D eigenvalue weighted by Gasteiger charge is -2.20. The summed E-state index contributed by atoms with van der Waals surface area (Å²) in [5.41, 5.74) is 0.171. The monoisotopic (exact) mass is 280 g/mol. The molecule has 0 unspecified atom stereocenters. The van der Waals surface area contributed by atoms with Gasteiger partial charge in [0, 0.05) is 24.2 Å². The summed E-state index contributed by atoms with van der Waals surface area (Å²) in [5, 5.41) is 10.6. The fraction of sp³-hybridized carbons (Fsp3) is 0.308. The largest absolute Gasteiger partial charge is 0.332 e. The molecule has 0 bridgehead atoms. The van der Waals surface area contributed by atoms with Crippen molar-refractivity contribution in [3.63, 3.8) is 0 Å². The molecule has 100 valence electrons. The van der Waals surface area contributed by atoms with Crippen molar-refractivity contribution in [2.45, 2.75) is 18.9 Å². The Morgan fingerprint density at radius 3 is 2.74 bits per heavy atom. The lowest BCUT2D eigenvalue weighted by molar-refractivity contribution is -0.384. The van der Waals surface area contributed by atoms with Gasteiger partial charge in [-0.3, -0.25) is 14.9 Å². The number of nitro groups is 1. The van der Waals surface area contributed by atoms with E-state index in [-0.39, 0.29) is 22.7 Å². The number of nitro benzene ring substituents is 1. The van der Waals surface area contributed by atoms with Gasteiger partial charge in [0.05, 0.1) is 4.92 Å². The molecular formula is C13H13ClN2O3. The first kappa shape index (κ1) is 13.5. The third-order valence-corrected chi connectivity index (χ3v) is 3.27. The highest BCUT2D eigenvalue weighted by molar-refractivity contribution is 6.33. The summed E-state index contributed by atoms with van der Waals surface area (Å²) in [6, 6.07) is 4.29. The van der Waals surface area contributed by atoms with Crippen LogP contribution in [0.2, 0.25) is 5.02 Å². The van der Waals surface area contributed by atoms with Gasteiger partial charge in [0.25, 0.3) is 11.6 Å². The van der Waals surface area contributed by atoms with Crippen LogP contribution in [0.3, 0.4) is 0 Å². The van der Waals surface area contributed by atoms with Gasteiger partial charge >= 0.3 is 0 Å². The smallest absolute Gasteiger partial charge is 0.287 e. The van der Waals surface area contributed by atoms with Gasteiger partial charge in [-0.15, -0.1) is 6.58 Å². The molecule has 2 rings (SSSR count). The van der Waals surface area contributed by atoms with Crippen LogP contribution in [-0.2, 0) is 0 Å². The summed E-state index contributed by atoms with van der Waals surface area (Å²) in [4.78, 5) is 24.1. The molecule has 5 nitrogen and oxygen atoms in total. The molecule has 1 aliphatic rings. The Balaban J connectivity index is 2.25. The molecule has 1 saturated carbocycles. The van der Waals surface area contributed by atoms with Crippen molar-refractivity contribution in [2.75, 3.05) is 6.54 Å². The van der Waals surface area contributed by atoms with Crippen LogP contribution in [0.15, 0.2) is 30.9 Å². The van der Waals surface area contributed by atoms with Gasteiger partial charge in [-0.05, 0) is 25.0 Å². The van der Waals surface area contributed by atoms with E-state index in [1.54, 1.807) is 11.0 Å². The minimum Gasteiger partial charge on any atom is -0.332 e. The highest BCUT2D eigenvalue weighted by Gasteiger charge is 2.32. The van der Waals surface area contributed by atoms with Crippen LogP contribution in [0.5, 0.6) is 0 Å². The number of amides is 1. The van der Waals surface area contributed by atoms with E-state index in [0.717, 1.165) is 12.8 Å². The molecule has 0 saturated heterocycles. The second-order valence-electron chi connectivity index (χ2n) is 4.40. The van der Waals surface area contributed by atoms with E-state index in [9.17, 15) is 14.9 Å². The summed E-state index contributed by atoms with van der Waals surface area (Å²) in [5.74, 6) is -0.167. The SMILES string of the molecule is C=CCN(C(=O)c1ccc([N+](=O)[O-])c(Cl)c1)C1CC1. The van der Waals surface area contributed by atoms with E-state index in [4.69, 9.17) is 11.6 Å². The molecule has 1 aromatic carbocycles. The first-order valence-electron chi connectivity index (χ1n) is 5.90. The number of carbonyl (C=O) groups is 1. The number of nitrogens with zero attached hydrogens (tertiary/aromatic N) is 2. The van der Waals surface area contributed by atoms with Gasteiger partial charge in [0.1, 0.15) is 5.02 Å². The van der Waals surface area contributed by atoms with E-state index in [1.807, 2.05) is 0 Å². The van der Waals surface area contributed by atoms with Crippen molar-refractivity contribution in [3.05, 3.63) is 51.6 Å². The molecule has 1 aliphatic carbocycles. The van der Waals surface area contributed by atoms with Crippen LogP contribution < -0.4 is 0 Å². The van der Waals surface area contributed by atoms with Gasteiger partial charge in [0.2, 0.25) is 0 Å². The lowest BCUT2D eigenvalue weighted by atomic mass is 10.1. The van der Waals surface area contributed by atoms with E-state index in [1.165, 1.54) is 18.2 Å². The number of hydrogen-bond donors (Lipinski definition) is 0. The second kappa shape index (κ2) is 5.40. The normalized spacial score (nSPS) is 13.9. The summed E-state index contributed by atoms with van der Waals surface area (Å²) in [6.07, 6.45) is 3.64. The molecule has 0 aromatic heterocycles. The Morgan fingerprint density at radius 2 is 2.26 bits per heavy atom. The summed E-state index contributed by atoms with van der Waals surface area (Å²) < 4.78 is 0. The number of rotatable bonds is 5. The van der Waals surface area contributed by atoms with Crippen molar-refractivity contribution >= 4 is 23.2 Å². The molecule has 0 spiro atoms. The zero-order valence-electron chi connectivity index (χ0n) is 10.2. The summed E-state index contributed by atoms with van der Waals surface area (Å²) in [7, 11) is 0. The van der Waals surface area contributed by atoms with Crippen molar-refractivity contribution in [1.29, 1.82) is 0 Å². The zero-order valence-corrected chi connectivity index (χ0v) is 11.0.